The van der Waals surface area contributed by atoms with E-state index in [2.05, 4.69) is 10.3 Å². The molecule has 27 heavy (non-hydrogen) atoms. The molecule has 0 aliphatic carbocycles. The number of hydrogen-bond acceptors (Lipinski definition) is 4. The van der Waals surface area contributed by atoms with E-state index < -0.39 is 0 Å². The van der Waals surface area contributed by atoms with Crippen LogP contribution in [0.5, 0.6) is 0 Å². The van der Waals surface area contributed by atoms with Crippen LogP contribution in [0.1, 0.15) is 12.8 Å². The topological polar surface area (TPSA) is 67.2 Å². The van der Waals surface area contributed by atoms with E-state index in [0.717, 1.165) is 28.3 Å². The normalized spacial score (nSPS) is 14.1. The first-order valence-electron chi connectivity index (χ1n) is 8.87. The molecule has 2 aromatic carbocycles. The highest BCUT2D eigenvalue weighted by molar-refractivity contribution is 7.99. The molecule has 1 saturated heterocycles. The van der Waals surface area contributed by atoms with Gasteiger partial charge >= 0.3 is 0 Å². The minimum absolute atomic E-state index is 0.103. The third kappa shape index (κ3) is 3.55. The van der Waals surface area contributed by atoms with Crippen LogP contribution in [0, 0.1) is 0 Å². The maximum absolute atomic E-state index is 12.5. The molecule has 2 amide bonds. The Kier molecular flexibility index (Phi) is 4.85. The summed E-state index contributed by atoms with van der Waals surface area (Å²) in [5.41, 5.74) is 3.39. The van der Waals surface area contributed by atoms with E-state index in [1.165, 1.54) is 11.8 Å². The minimum atomic E-state index is -0.119. The summed E-state index contributed by atoms with van der Waals surface area (Å²) in [4.78, 5) is 30.9. The second-order valence-corrected chi connectivity index (χ2v) is 7.39. The number of imidazole rings is 1. The lowest BCUT2D eigenvalue weighted by Crippen LogP contribution is -2.26. The van der Waals surface area contributed by atoms with Gasteiger partial charge in [0.1, 0.15) is 0 Å². The third-order valence-corrected chi connectivity index (χ3v) is 5.65. The fourth-order valence-electron chi connectivity index (χ4n) is 3.29. The molecule has 0 unspecified atom stereocenters. The first-order chi connectivity index (χ1) is 13.1. The quantitative estimate of drug-likeness (QED) is 0.689. The van der Waals surface area contributed by atoms with Gasteiger partial charge in [-0.15, -0.1) is 0 Å². The van der Waals surface area contributed by atoms with Crippen molar-refractivity contribution in [2.24, 2.45) is 7.05 Å². The number of carbonyl (C=O) groups excluding carboxylic acids is 2. The second kappa shape index (κ2) is 7.44. The lowest BCUT2D eigenvalue weighted by Gasteiger charge is -2.19. The summed E-state index contributed by atoms with van der Waals surface area (Å²) in [7, 11) is 1.95. The predicted molar refractivity (Wildman–Crippen MR) is 108 cm³/mol. The second-order valence-electron chi connectivity index (χ2n) is 6.45. The van der Waals surface area contributed by atoms with E-state index in [1.807, 2.05) is 60.1 Å². The van der Waals surface area contributed by atoms with E-state index in [4.69, 9.17) is 0 Å². The van der Waals surface area contributed by atoms with Gasteiger partial charge in [-0.1, -0.05) is 36.0 Å². The lowest BCUT2D eigenvalue weighted by molar-refractivity contribution is -0.117. The Bertz CT molecular complexity index is 1010. The Labute approximate surface area is 161 Å². The summed E-state index contributed by atoms with van der Waals surface area (Å²) >= 11 is 1.40. The molecular formula is C20H20N4O2S. The molecule has 0 bridgehead atoms. The van der Waals surface area contributed by atoms with Crippen molar-refractivity contribution in [2.45, 2.75) is 18.0 Å². The monoisotopic (exact) mass is 380 g/mol. The molecule has 1 N–H and O–H groups in total. The van der Waals surface area contributed by atoms with Crippen molar-refractivity contribution >= 4 is 46.0 Å². The molecule has 4 rings (SSSR count). The first kappa shape index (κ1) is 17.6. The number of amides is 2. The highest BCUT2D eigenvalue weighted by Crippen LogP contribution is 2.30. The average molecular weight is 380 g/mol. The molecule has 2 heterocycles. The molecule has 1 aliphatic heterocycles. The molecule has 1 aromatic heterocycles. The number of benzene rings is 2. The molecule has 0 saturated carbocycles. The number of carbonyl (C=O) groups is 2. The van der Waals surface area contributed by atoms with Crippen molar-refractivity contribution < 1.29 is 9.59 Å². The number of fused-ring (bicyclic) bond motifs is 1. The predicted octanol–water partition coefficient (Wildman–Crippen LogP) is 3.43. The van der Waals surface area contributed by atoms with Crippen molar-refractivity contribution in [3.63, 3.8) is 0 Å². The summed E-state index contributed by atoms with van der Waals surface area (Å²) in [6, 6.07) is 15.3. The van der Waals surface area contributed by atoms with Crippen LogP contribution in [0.3, 0.4) is 0 Å². The zero-order chi connectivity index (χ0) is 18.8. The molecule has 0 spiro atoms. The van der Waals surface area contributed by atoms with Gasteiger partial charge in [0.05, 0.1) is 28.2 Å². The molecule has 0 radical (unpaired) electrons. The Balaban J connectivity index is 1.45. The molecule has 7 heteroatoms. The number of para-hydroxylation sites is 4. The molecule has 1 fully saturated rings. The van der Waals surface area contributed by atoms with Crippen LogP contribution in [0.25, 0.3) is 11.0 Å². The van der Waals surface area contributed by atoms with Crippen LogP contribution in [0.2, 0.25) is 0 Å². The Morgan fingerprint density at radius 2 is 1.96 bits per heavy atom. The van der Waals surface area contributed by atoms with Crippen LogP contribution < -0.4 is 10.2 Å². The number of nitrogens with zero attached hydrogens (tertiary/aromatic N) is 3. The maximum Gasteiger partial charge on any atom is 0.234 e. The van der Waals surface area contributed by atoms with E-state index in [9.17, 15) is 9.59 Å². The molecule has 3 aromatic rings. The van der Waals surface area contributed by atoms with Crippen LogP contribution in [-0.4, -0.2) is 33.7 Å². The smallest absolute Gasteiger partial charge is 0.234 e. The molecule has 0 atom stereocenters. The lowest BCUT2D eigenvalue weighted by atomic mass is 10.2. The molecule has 6 nitrogen and oxygen atoms in total. The van der Waals surface area contributed by atoms with Gasteiger partial charge in [-0.25, -0.2) is 4.98 Å². The minimum Gasteiger partial charge on any atom is -0.324 e. The molecule has 1 aliphatic rings. The van der Waals surface area contributed by atoms with Gasteiger partial charge in [0.15, 0.2) is 5.16 Å². The summed E-state index contributed by atoms with van der Waals surface area (Å²) in [6.45, 7) is 0.695. The van der Waals surface area contributed by atoms with Crippen molar-refractivity contribution in [1.29, 1.82) is 0 Å². The summed E-state index contributed by atoms with van der Waals surface area (Å²) in [6.07, 6.45) is 1.41. The molecular weight excluding hydrogens is 360 g/mol. The van der Waals surface area contributed by atoms with Gasteiger partial charge in [0, 0.05) is 20.0 Å². The van der Waals surface area contributed by atoms with E-state index >= 15 is 0 Å². The van der Waals surface area contributed by atoms with Gasteiger partial charge in [-0.2, -0.15) is 0 Å². The molecule has 138 valence electrons. The van der Waals surface area contributed by atoms with E-state index in [-0.39, 0.29) is 17.6 Å². The number of thioether (sulfide) groups is 1. The van der Waals surface area contributed by atoms with Gasteiger partial charge in [0.2, 0.25) is 11.8 Å². The Morgan fingerprint density at radius 3 is 2.74 bits per heavy atom. The van der Waals surface area contributed by atoms with Crippen LogP contribution >= 0.6 is 11.8 Å². The van der Waals surface area contributed by atoms with Crippen molar-refractivity contribution in [1.82, 2.24) is 9.55 Å². The zero-order valence-electron chi connectivity index (χ0n) is 15.0. The SMILES string of the molecule is Cn1c(SCC(=O)Nc2ccccc2N2CCCC2=O)nc2ccccc21. The zero-order valence-corrected chi connectivity index (χ0v) is 15.8. The van der Waals surface area contributed by atoms with Crippen LogP contribution in [0.4, 0.5) is 11.4 Å². The Hall–Kier alpha value is -2.80. The summed E-state index contributed by atoms with van der Waals surface area (Å²) in [5.74, 6) is 0.233. The van der Waals surface area contributed by atoms with Crippen molar-refractivity contribution in [3.8, 4) is 0 Å². The highest BCUT2D eigenvalue weighted by atomic mass is 32.2. The summed E-state index contributed by atoms with van der Waals surface area (Å²) < 4.78 is 1.99. The first-order valence-corrected chi connectivity index (χ1v) is 9.85. The fourth-order valence-corrected chi connectivity index (χ4v) is 4.07. The van der Waals surface area contributed by atoms with Crippen LogP contribution in [-0.2, 0) is 16.6 Å². The fraction of sp³-hybridized carbons (Fsp3) is 0.250. The van der Waals surface area contributed by atoms with Gasteiger partial charge in [0.25, 0.3) is 0 Å². The van der Waals surface area contributed by atoms with E-state index in [0.29, 0.717) is 18.7 Å². The highest BCUT2D eigenvalue weighted by Gasteiger charge is 2.24. The number of nitrogens with one attached hydrogen (secondary N) is 1. The van der Waals surface area contributed by atoms with Gasteiger partial charge < -0.3 is 14.8 Å². The van der Waals surface area contributed by atoms with Crippen LogP contribution in [0.15, 0.2) is 53.7 Å². The maximum atomic E-state index is 12.5. The van der Waals surface area contributed by atoms with Crippen molar-refractivity contribution in [2.75, 3.05) is 22.5 Å². The van der Waals surface area contributed by atoms with Gasteiger partial charge in [-0.3, -0.25) is 9.59 Å². The number of hydrogen-bond donors (Lipinski definition) is 1. The number of aryl methyl sites for hydroxylation is 1. The standard InChI is InChI=1S/C20H20N4O2S/c1-23-16-9-4-2-7-14(16)22-20(23)27-13-18(25)21-15-8-3-5-10-17(15)24-12-6-11-19(24)26/h2-5,7-10H,6,11-13H2,1H3,(H,21,25). The third-order valence-electron chi connectivity index (χ3n) is 4.62. The number of anilines is 2. The number of aromatic nitrogens is 2. The number of rotatable bonds is 5. The largest absolute Gasteiger partial charge is 0.324 e. The van der Waals surface area contributed by atoms with Crippen molar-refractivity contribution in [3.05, 3.63) is 48.5 Å². The Morgan fingerprint density at radius 1 is 1.19 bits per heavy atom. The average Bonchev–Trinajstić information content (AvgIpc) is 3.24. The van der Waals surface area contributed by atoms with E-state index in [1.54, 1.807) is 4.90 Å². The summed E-state index contributed by atoms with van der Waals surface area (Å²) in [5, 5.41) is 3.74. The van der Waals surface area contributed by atoms with Gasteiger partial charge in [-0.05, 0) is 30.7 Å².